The van der Waals surface area contributed by atoms with E-state index >= 15 is 0 Å². The van der Waals surface area contributed by atoms with Crippen molar-refractivity contribution in [1.82, 2.24) is 9.91 Å². The summed E-state index contributed by atoms with van der Waals surface area (Å²) in [5.74, 6) is -0.203. The molecular formula is C23H31N3O3S2. The maximum atomic E-state index is 13.4. The zero-order chi connectivity index (χ0) is 22.6. The van der Waals surface area contributed by atoms with Crippen LogP contribution in [0.5, 0.6) is 0 Å². The van der Waals surface area contributed by atoms with Crippen LogP contribution in [0.2, 0.25) is 0 Å². The molecule has 1 aliphatic heterocycles. The Bertz CT molecular complexity index is 928. The van der Waals surface area contributed by atoms with E-state index in [-0.39, 0.29) is 29.8 Å². The number of amides is 2. The highest BCUT2D eigenvalue weighted by molar-refractivity contribution is 7.12. The van der Waals surface area contributed by atoms with E-state index in [0.717, 1.165) is 21.0 Å². The molecule has 0 aliphatic carbocycles. The summed E-state index contributed by atoms with van der Waals surface area (Å²) in [6, 6.07) is 5.97. The Hall–Kier alpha value is -2.03. The predicted octanol–water partition coefficient (Wildman–Crippen LogP) is 4.71. The largest absolute Gasteiger partial charge is 0.383 e. The lowest BCUT2D eigenvalue weighted by atomic mass is 9.91. The van der Waals surface area contributed by atoms with Gasteiger partial charge < -0.3 is 9.64 Å². The second-order valence-electron chi connectivity index (χ2n) is 9.00. The molecule has 168 valence electrons. The maximum Gasteiger partial charge on any atom is 0.262 e. The quantitative estimate of drug-likeness (QED) is 0.572. The Balaban J connectivity index is 1.83. The molecule has 0 fully saturated rings. The van der Waals surface area contributed by atoms with Crippen molar-refractivity contribution < 1.29 is 14.3 Å². The lowest BCUT2D eigenvalue weighted by molar-refractivity contribution is -0.143. The summed E-state index contributed by atoms with van der Waals surface area (Å²) in [4.78, 5) is 30.1. The first-order valence-corrected chi connectivity index (χ1v) is 12.2. The van der Waals surface area contributed by atoms with Gasteiger partial charge in [-0.05, 0) is 40.8 Å². The van der Waals surface area contributed by atoms with Crippen LogP contribution in [0.15, 0.2) is 34.1 Å². The van der Waals surface area contributed by atoms with Gasteiger partial charge >= 0.3 is 0 Å². The molecule has 0 saturated heterocycles. The van der Waals surface area contributed by atoms with Crippen molar-refractivity contribution in [3.63, 3.8) is 0 Å². The van der Waals surface area contributed by atoms with Gasteiger partial charge in [0.2, 0.25) is 5.91 Å². The third-order valence-electron chi connectivity index (χ3n) is 5.10. The number of aryl methyl sites for hydroxylation is 1. The molecule has 2 amide bonds. The molecule has 0 N–H and O–H groups in total. The fourth-order valence-electron chi connectivity index (χ4n) is 3.56. The number of nitrogens with zero attached hydrogens (tertiary/aromatic N) is 3. The van der Waals surface area contributed by atoms with Gasteiger partial charge in [-0.1, -0.05) is 26.8 Å². The molecule has 8 heteroatoms. The molecule has 3 heterocycles. The van der Waals surface area contributed by atoms with Gasteiger partial charge in [0.25, 0.3) is 5.91 Å². The molecule has 31 heavy (non-hydrogen) atoms. The van der Waals surface area contributed by atoms with Crippen LogP contribution in [0, 0.1) is 12.3 Å². The van der Waals surface area contributed by atoms with Gasteiger partial charge in [-0.2, -0.15) is 5.10 Å². The SMILES string of the molecule is COCCN(CC(=O)N1N=C(c2cccs2)CC1c1sccc1C)C(=O)CC(C)(C)C. The molecule has 1 unspecified atom stereocenters. The molecule has 1 atom stereocenters. The number of thiophene rings is 2. The van der Waals surface area contributed by atoms with Gasteiger partial charge in [0.15, 0.2) is 0 Å². The number of hydrogen-bond acceptors (Lipinski definition) is 6. The number of hydrazone groups is 1. The van der Waals surface area contributed by atoms with E-state index in [9.17, 15) is 9.59 Å². The Kier molecular flexibility index (Phi) is 7.67. The van der Waals surface area contributed by atoms with Crippen molar-refractivity contribution in [2.45, 2.75) is 46.6 Å². The molecule has 6 nitrogen and oxygen atoms in total. The van der Waals surface area contributed by atoms with Crippen molar-refractivity contribution in [2.24, 2.45) is 10.5 Å². The minimum absolute atomic E-state index is 0.000413. The summed E-state index contributed by atoms with van der Waals surface area (Å²) in [6.45, 7) is 8.91. The molecule has 0 radical (unpaired) electrons. The van der Waals surface area contributed by atoms with E-state index in [1.807, 2.05) is 43.7 Å². The Labute approximate surface area is 192 Å². The highest BCUT2D eigenvalue weighted by Crippen LogP contribution is 2.38. The highest BCUT2D eigenvalue weighted by Gasteiger charge is 2.36. The predicted molar refractivity (Wildman–Crippen MR) is 127 cm³/mol. The maximum absolute atomic E-state index is 13.4. The van der Waals surface area contributed by atoms with Crippen LogP contribution in [0.1, 0.15) is 55.0 Å². The van der Waals surface area contributed by atoms with Crippen LogP contribution in [0.3, 0.4) is 0 Å². The minimum Gasteiger partial charge on any atom is -0.383 e. The third-order valence-corrected chi connectivity index (χ3v) is 7.14. The summed E-state index contributed by atoms with van der Waals surface area (Å²) in [5, 5.41) is 10.4. The lowest BCUT2D eigenvalue weighted by Gasteiger charge is -2.28. The highest BCUT2D eigenvalue weighted by atomic mass is 32.1. The summed E-state index contributed by atoms with van der Waals surface area (Å²) in [7, 11) is 1.60. The van der Waals surface area contributed by atoms with E-state index in [2.05, 4.69) is 13.0 Å². The second-order valence-corrected chi connectivity index (χ2v) is 10.9. The first-order valence-electron chi connectivity index (χ1n) is 10.4. The minimum atomic E-state index is -0.164. The fourth-order valence-corrected chi connectivity index (χ4v) is 5.29. The monoisotopic (exact) mass is 461 g/mol. The van der Waals surface area contributed by atoms with Gasteiger partial charge in [0.05, 0.1) is 23.2 Å². The summed E-state index contributed by atoms with van der Waals surface area (Å²) in [5.41, 5.74) is 1.93. The van der Waals surface area contributed by atoms with Gasteiger partial charge in [-0.15, -0.1) is 22.7 Å². The zero-order valence-electron chi connectivity index (χ0n) is 18.9. The van der Waals surface area contributed by atoms with Crippen LogP contribution in [-0.4, -0.2) is 54.2 Å². The van der Waals surface area contributed by atoms with E-state index in [4.69, 9.17) is 9.84 Å². The topological polar surface area (TPSA) is 62.2 Å². The fraction of sp³-hybridized carbons (Fsp3) is 0.522. The Morgan fingerprint density at radius 3 is 2.61 bits per heavy atom. The van der Waals surface area contributed by atoms with Crippen LogP contribution in [0.25, 0.3) is 0 Å². The number of carbonyl (C=O) groups is 2. The molecule has 0 spiro atoms. The number of ether oxygens (including phenoxy) is 1. The number of rotatable bonds is 8. The average molecular weight is 462 g/mol. The normalized spacial score (nSPS) is 16.5. The second kappa shape index (κ2) is 10.1. The van der Waals surface area contributed by atoms with Crippen LogP contribution >= 0.6 is 22.7 Å². The van der Waals surface area contributed by atoms with Crippen molar-refractivity contribution >= 4 is 40.2 Å². The zero-order valence-corrected chi connectivity index (χ0v) is 20.5. The van der Waals surface area contributed by atoms with Gasteiger partial charge in [0, 0.05) is 31.4 Å². The summed E-state index contributed by atoms with van der Waals surface area (Å²) >= 11 is 3.28. The van der Waals surface area contributed by atoms with E-state index in [1.165, 1.54) is 0 Å². The molecule has 2 aromatic heterocycles. The molecule has 0 aromatic carbocycles. The first kappa shape index (κ1) is 23.6. The van der Waals surface area contributed by atoms with Crippen molar-refractivity contribution in [3.05, 3.63) is 44.3 Å². The molecule has 2 aromatic rings. The van der Waals surface area contributed by atoms with Crippen LogP contribution in [0.4, 0.5) is 0 Å². The Morgan fingerprint density at radius 1 is 1.26 bits per heavy atom. The summed E-state index contributed by atoms with van der Waals surface area (Å²) < 4.78 is 5.18. The van der Waals surface area contributed by atoms with E-state index < -0.39 is 0 Å². The van der Waals surface area contributed by atoms with Crippen molar-refractivity contribution in [1.29, 1.82) is 0 Å². The smallest absolute Gasteiger partial charge is 0.262 e. The third kappa shape index (κ3) is 6.02. The molecule has 0 saturated carbocycles. The molecule has 3 rings (SSSR count). The van der Waals surface area contributed by atoms with Crippen molar-refractivity contribution in [2.75, 3.05) is 26.8 Å². The van der Waals surface area contributed by atoms with Gasteiger partial charge in [0.1, 0.15) is 6.54 Å². The number of methoxy groups -OCH3 is 1. The number of hydrogen-bond donors (Lipinski definition) is 0. The van der Waals surface area contributed by atoms with Crippen LogP contribution in [-0.2, 0) is 14.3 Å². The molecule has 1 aliphatic rings. The number of carbonyl (C=O) groups excluding carboxylic acids is 2. The van der Waals surface area contributed by atoms with Crippen molar-refractivity contribution in [3.8, 4) is 0 Å². The van der Waals surface area contributed by atoms with Gasteiger partial charge in [-0.25, -0.2) is 5.01 Å². The Morgan fingerprint density at radius 2 is 2.03 bits per heavy atom. The average Bonchev–Trinajstić information content (AvgIpc) is 3.42. The standard InChI is InChI=1S/C23H31N3O3S2/c1-16-8-12-31-22(16)18-13-17(19-7-6-11-30-19)24-26(18)21(28)15-25(9-10-29-5)20(27)14-23(2,3)4/h6-8,11-12,18H,9-10,13-15H2,1-5H3. The van der Waals surface area contributed by atoms with E-state index in [0.29, 0.717) is 26.0 Å². The van der Waals surface area contributed by atoms with Crippen LogP contribution < -0.4 is 0 Å². The lowest BCUT2D eigenvalue weighted by Crippen LogP contribution is -2.43. The molecule has 0 bridgehead atoms. The first-order chi connectivity index (χ1) is 14.7. The van der Waals surface area contributed by atoms with Gasteiger partial charge in [-0.3, -0.25) is 9.59 Å². The molecular weight excluding hydrogens is 430 g/mol. The summed E-state index contributed by atoms with van der Waals surface area (Å²) in [6.07, 6.45) is 1.06. The van der Waals surface area contributed by atoms with E-state index in [1.54, 1.807) is 39.7 Å².